The lowest BCUT2D eigenvalue weighted by Crippen LogP contribution is -2.55. The Morgan fingerprint density at radius 3 is 1.93 bits per heavy atom. The maximum absolute atomic E-state index is 14.1. The molecule has 1 N–H and O–H groups in total. The van der Waals surface area contributed by atoms with E-state index in [1.165, 1.54) is 5.20 Å². The van der Waals surface area contributed by atoms with Gasteiger partial charge < -0.3 is 4.98 Å². The van der Waals surface area contributed by atoms with E-state index in [4.69, 9.17) is 0 Å². The Labute approximate surface area is 172 Å². The maximum atomic E-state index is 14.1. The molecule has 0 atom stereocenters. The van der Waals surface area contributed by atoms with Gasteiger partial charge in [0.05, 0.1) is 5.57 Å². The summed E-state index contributed by atoms with van der Waals surface area (Å²) in [4.78, 5) is 3.85. The second-order valence-electron chi connectivity index (χ2n) is 9.47. The summed E-state index contributed by atoms with van der Waals surface area (Å²) in [5.41, 5.74) is 5.41. The van der Waals surface area contributed by atoms with Gasteiger partial charge in [-0.2, -0.15) is 8.78 Å². The fraction of sp³-hybridized carbons (Fsp3) is 0.280. The number of benzene rings is 2. The second-order valence-corrected chi connectivity index (χ2v) is 13.6. The zero-order valence-corrected chi connectivity index (χ0v) is 18.7. The lowest BCUT2D eigenvalue weighted by atomic mass is 9.92. The first-order valence-electron chi connectivity index (χ1n) is 10.1. The van der Waals surface area contributed by atoms with E-state index in [2.05, 4.69) is 44.9 Å². The van der Waals surface area contributed by atoms with Gasteiger partial charge in [0.1, 0.15) is 8.24 Å². The number of nitrogens with one attached hydrogen (secondary N) is 1. The van der Waals surface area contributed by atoms with Crippen molar-refractivity contribution >= 4 is 25.0 Å². The van der Waals surface area contributed by atoms with Crippen LogP contribution in [-0.4, -0.2) is 13.8 Å². The molecular weight excluding hydrogens is 380 g/mol. The third kappa shape index (κ3) is 3.56. The van der Waals surface area contributed by atoms with Gasteiger partial charge in [-0.25, -0.2) is 0 Å². The normalized spacial score (nSPS) is 16.1. The highest BCUT2D eigenvalue weighted by atomic mass is 28.3. The van der Waals surface area contributed by atoms with E-state index in [0.717, 1.165) is 28.7 Å². The van der Waals surface area contributed by atoms with Crippen molar-refractivity contribution in [3.63, 3.8) is 0 Å². The highest BCUT2D eigenvalue weighted by Gasteiger charge is 2.37. The van der Waals surface area contributed by atoms with Crippen LogP contribution in [-0.2, 0) is 0 Å². The molecule has 0 saturated carbocycles. The Kier molecular flexibility index (Phi) is 4.75. The second kappa shape index (κ2) is 6.89. The summed E-state index contributed by atoms with van der Waals surface area (Å²) >= 11 is 0. The summed E-state index contributed by atoms with van der Waals surface area (Å²) < 4.78 is 28.3. The Hall–Kier alpha value is -2.30. The van der Waals surface area contributed by atoms with E-state index in [9.17, 15) is 8.78 Å². The van der Waals surface area contributed by atoms with E-state index in [1.54, 1.807) is 0 Å². The van der Waals surface area contributed by atoms with Crippen molar-refractivity contribution in [1.82, 2.24) is 4.98 Å². The van der Waals surface area contributed by atoms with E-state index in [0.29, 0.717) is 11.1 Å². The first-order valence-corrected chi connectivity index (χ1v) is 13.1. The van der Waals surface area contributed by atoms with Crippen molar-refractivity contribution in [3.05, 3.63) is 88.1 Å². The first-order chi connectivity index (χ1) is 13.6. The topological polar surface area (TPSA) is 12.0 Å². The molecule has 2 aliphatic carbocycles. The molecule has 0 aromatic heterocycles. The Bertz CT molecular complexity index is 1080. The molecule has 0 bridgehead atoms. The largest absolute Gasteiger partial charge is 0.329 e. The van der Waals surface area contributed by atoms with Crippen LogP contribution in [0.25, 0.3) is 16.7 Å². The van der Waals surface area contributed by atoms with Crippen molar-refractivity contribution < 1.29 is 8.78 Å². The zero-order valence-electron chi connectivity index (χ0n) is 17.7. The average molecular weight is 408 g/mol. The van der Waals surface area contributed by atoms with Gasteiger partial charge in [0.25, 0.3) is 6.08 Å². The average Bonchev–Trinajstić information content (AvgIpc) is 3.02. The molecule has 0 saturated heterocycles. The fourth-order valence-electron chi connectivity index (χ4n) is 4.75. The van der Waals surface area contributed by atoms with Gasteiger partial charge in [0, 0.05) is 5.54 Å². The van der Waals surface area contributed by atoms with Gasteiger partial charge in [-0.15, -0.1) is 0 Å². The standard InChI is InChI=1S/C25H27F2NSi/c1-25(2,3)28-29(4,5)16-14-21-17-10-6-8-12-19(17)23(24(26)27)20-13-9-7-11-18(20)22(21)15-16/h6-14,28H,15H2,1-5H3. The van der Waals surface area contributed by atoms with Crippen LogP contribution < -0.4 is 4.98 Å². The molecular formula is C25H27F2NSi. The SMILES string of the molecule is CC(C)(C)N[Si](C)(C)C1=CC2=C(C1)c1ccccc1C(=C(F)F)c1ccccc12. The number of rotatable bonds is 2. The lowest BCUT2D eigenvalue weighted by Gasteiger charge is -2.34. The van der Waals surface area contributed by atoms with Crippen LogP contribution in [0.3, 0.4) is 0 Å². The van der Waals surface area contributed by atoms with Gasteiger partial charge in [0.15, 0.2) is 0 Å². The molecule has 4 heteroatoms. The molecule has 0 aliphatic heterocycles. The summed E-state index contributed by atoms with van der Waals surface area (Å²) in [6, 6.07) is 15.2. The van der Waals surface area contributed by atoms with E-state index < -0.39 is 14.3 Å². The van der Waals surface area contributed by atoms with Crippen molar-refractivity contribution in [3.8, 4) is 0 Å². The van der Waals surface area contributed by atoms with Crippen LogP contribution in [0.15, 0.2) is 65.9 Å². The summed E-state index contributed by atoms with van der Waals surface area (Å²) in [5.74, 6) is 0. The minimum atomic E-state index is -1.88. The molecule has 1 nitrogen and oxygen atoms in total. The van der Waals surface area contributed by atoms with Gasteiger partial charge in [-0.1, -0.05) is 72.9 Å². The minimum Gasteiger partial charge on any atom is -0.329 e. The van der Waals surface area contributed by atoms with Crippen molar-refractivity contribution in [2.45, 2.75) is 45.8 Å². The van der Waals surface area contributed by atoms with Crippen molar-refractivity contribution in [2.75, 3.05) is 0 Å². The molecule has 150 valence electrons. The van der Waals surface area contributed by atoms with Crippen LogP contribution in [0.4, 0.5) is 8.78 Å². The molecule has 0 unspecified atom stereocenters. The third-order valence-electron chi connectivity index (χ3n) is 5.70. The maximum Gasteiger partial charge on any atom is 0.278 e. The molecule has 2 aliphatic rings. The number of allylic oxidation sites excluding steroid dienone is 4. The highest BCUT2D eigenvalue weighted by Crippen LogP contribution is 2.49. The Morgan fingerprint density at radius 1 is 0.862 bits per heavy atom. The summed E-state index contributed by atoms with van der Waals surface area (Å²) in [7, 11) is -1.88. The van der Waals surface area contributed by atoms with Crippen molar-refractivity contribution in [1.29, 1.82) is 0 Å². The number of halogens is 2. The summed E-state index contributed by atoms with van der Waals surface area (Å²) in [6.45, 7) is 11.3. The van der Waals surface area contributed by atoms with Crippen molar-refractivity contribution in [2.24, 2.45) is 0 Å². The number of hydrogen-bond acceptors (Lipinski definition) is 1. The van der Waals surface area contributed by atoms with Gasteiger partial charge in [-0.05, 0) is 60.6 Å². The van der Waals surface area contributed by atoms with Crippen LogP contribution >= 0.6 is 0 Å². The molecule has 4 rings (SSSR count). The zero-order chi connectivity index (χ0) is 21.0. The molecule has 0 heterocycles. The molecule has 0 radical (unpaired) electrons. The van der Waals surface area contributed by atoms with E-state index in [-0.39, 0.29) is 11.1 Å². The minimum absolute atomic E-state index is 0.0274. The van der Waals surface area contributed by atoms with E-state index in [1.807, 2.05) is 48.5 Å². The highest BCUT2D eigenvalue weighted by molar-refractivity contribution is 6.82. The fourth-order valence-corrected chi connectivity index (χ4v) is 7.91. The number of hydrogen-bond donors (Lipinski definition) is 1. The lowest BCUT2D eigenvalue weighted by molar-refractivity contribution is 0.426. The van der Waals surface area contributed by atoms with Crippen LogP contribution in [0.2, 0.25) is 13.1 Å². The molecule has 2 aromatic carbocycles. The smallest absolute Gasteiger partial charge is 0.278 e. The van der Waals surface area contributed by atoms with Gasteiger partial charge in [0.2, 0.25) is 0 Å². The van der Waals surface area contributed by atoms with Crippen LogP contribution in [0.5, 0.6) is 0 Å². The predicted molar refractivity (Wildman–Crippen MR) is 121 cm³/mol. The van der Waals surface area contributed by atoms with Gasteiger partial charge in [-0.3, -0.25) is 0 Å². The van der Waals surface area contributed by atoms with E-state index >= 15 is 0 Å². The molecule has 29 heavy (non-hydrogen) atoms. The molecule has 0 spiro atoms. The first kappa shape index (κ1) is 20.0. The molecule has 2 aromatic rings. The van der Waals surface area contributed by atoms with Crippen LogP contribution in [0.1, 0.15) is 49.4 Å². The Morgan fingerprint density at radius 2 is 1.38 bits per heavy atom. The quantitative estimate of drug-likeness (QED) is 0.527. The predicted octanol–water partition coefficient (Wildman–Crippen LogP) is 7.03. The molecule has 0 amide bonds. The number of fused-ring (bicyclic) bond motifs is 4. The molecule has 0 fully saturated rings. The summed E-state index contributed by atoms with van der Waals surface area (Å²) in [5, 5.41) is 1.41. The Balaban J connectivity index is 1.94. The van der Waals surface area contributed by atoms with Gasteiger partial charge >= 0.3 is 0 Å². The monoisotopic (exact) mass is 407 g/mol. The van der Waals surface area contributed by atoms with Crippen LogP contribution in [0, 0.1) is 0 Å². The third-order valence-corrected chi connectivity index (χ3v) is 9.00. The summed E-state index contributed by atoms with van der Waals surface area (Å²) in [6.07, 6.45) is 1.46.